The molecule has 0 bridgehead atoms. The number of benzene rings is 2. The van der Waals surface area contributed by atoms with Crippen LogP contribution in [0.15, 0.2) is 54.7 Å². The lowest BCUT2D eigenvalue weighted by atomic mass is 10.1. The molecule has 192 valence electrons. The van der Waals surface area contributed by atoms with Gasteiger partial charge in [-0.15, -0.1) is 5.10 Å². The number of nitrogens with one attached hydrogen (secondary N) is 1. The Kier molecular flexibility index (Phi) is 6.16. The van der Waals surface area contributed by atoms with Crippen molar-refractivity contribution in [1.82, 2.24) is 25.2 Å². The van der Waals surface area contributed by atoms with Crippen LogP contribution in [-0.2, 0) is 11.3 Å². The fraction of sp³-hybridized carbons (Fsp3) is 0.429. The summed E-state index contributed by atoms with van der Waals surface area (Å²) in [7, 11) is 1.56. The van der Waals surface area contributed by atoms with Crippen molar-refractivity contribution >= 4 is 11.8 Å². The Morgan fingerprint density at radius 1 is 1.14 bits per heavy atom. The van der Waals surface area contributed by atoms with E-state index < -0.39 is 6.04 Å². The van der Waals surface area contributed by atoms with Gasteiger partial charge in [-0.1, -0.05) is 41.6 Å². The normalized spacial score (nSPS) is 24.6. The van der Waals surface area contributed by atoms with Crippen LogP contribution < -0.4 is 15.8 Å². The number of aromatic nitrogens is 3. The summed E-state index contributed by atoms with van der Waals surface area (Å²) in [5.41, 5.74) is 9.33. The Labute approximate surface area is 216 Å². The topological polar surface area (TPSA) is 115 Å². The molecule has 2 saturated carbocycles. The van der Waals surface area contributed by atoms with Crippen LogP contribution >= 0.6 is 0 Å². The highest BCUT2D eigenvalue weighted by Crippen LogP contribution is 2.42. The maximum Gasteiger partial charge on any atom is 0.254 e. The highest BCUT2D eigenvalue weighted by Gasteiger charge is 2.45. The standard InChI is InChI=1S/C28H32N6O3/c1-37-26-11-19(9-10-20(26)14-29)28(36)33-15-21(34-16-24(31-32-34)18-7-8-18)12-25(33)27(35)30-23-13-22(23)17-5-3-2-4-6-17/h2-6,9-11,16,18,21-23,25H,7-8,12-15,29H2,1H3,(H,30,35)/t21-,22-,23+,25-/m0/s1. The van der Waals surface area contributed by atoms with Gasteiger partial charge in [0.1, 0.15) is 11.8 Å². The van der Waals surface area contributed by atoms with Crippen molar-refractivity contribution < 1.29 is 14.3 Å². The minimum absolute atomic E-state index is 0.0858. The number of methoxy groups -OCH3 is 1. The van der Waals surface area contributed by atoms with Gasteiger partial charge in [0.05, 0.1) is 18.8 Å². The molecule has 37 heavy (non-hydrogen) atoms. The molecule has 1 saturated heterocycles. The van der Waals surface area contributed by atoms with E-state index >= 15 is 0 Å². The van der Waals surface area contributed by atoms with Crippen LogP contribution in [0, 0.1) is 0 Å². The molecule has 3 fully saturated rings. The van der Waals surface area contributed by atoms with E-state index in [4.69, 9.17) is 10.5 Å². The number of nitrogens with two attached hydrogens (primary N) is 1. The van der Waals surface area contributed by atoms with Crippen molar-refractivity contribution in [3.05, 3.63) is 77.1 Å². The van der Waals surface area contributed by atoms with Crippen LogP contribution in [0.5, 0.6) is 5.75 Å². The molecule has 3 N–H and O–H groups in total. The first-order chi connectivity index (χ1) is 18.1. The highest BCUT2D eigenvalue weighted by atomic mass is 16.5. The Balaban J connectivity index is 1.23. The fourth-order valence-corrected chi connectivity index (χ4v) is 5.43. The monoisotopic (exact) mass is 500 g/mol. The van der Waals surface area contributed by atoms with Crippen molar-refractivity contribution in [2.75, 3.05) is 13.7 Å². The maximum atomic E-state index is 13.7. The second-order valence-corrected chi connectivity index (χ2v) is 10.4. The zero-order chi connectivity index (χ0) is 25.5. The molecule has 2 aromatic carbocycles. The van der Waals surface area contributed by atoms with E-state index in [2.05, 4.69) is 27.8 Å². The van der Waals surface area contributed by atoms with Gasteiger partial charge in [0.2, 0.25) is 5.91 Å². The number of ether oxygens (including phenoxy) is 1. The van der Waals surface area contributed by atoms with Crippen molar-refractivity contribution in [2.45, 2.75) is 62.2 Å². The van der Waals surface area contributed by atoms with Gasteiger partial charge in [0, 0.05) is 54.7 Å². The smallest absolute Gasteiger partial charge is 0.254 e. The van der Waals surface area contributed by atoms with Gasteiger partial charge >= 0.3 is 0 Å². The summed E-state index contributed by atoms with van der Waals surface area (Å²) in [6, 6.07) is 14.9. The van der Waals surface area contributed by atoms with Gasteiger partial charge in [-0.25, -0.2) is 4.68 Å². The summed E-state index contributed by atoms with van der Waals surface area (Å²) >= 11 is 0. The number of rotatable bonds is 8. The highest BCUT2D eigenvalue weighted by molar-refractivity contribution is 5.98. The quantitative estimate of drug-likeness (QED) is 0.492. The Morgan fingerprint density at radius 2 is 1.95 bits per heavy atom. The second kappa shape index (κ2) is 9.63. The number of carbonyl (C=O) groups is 2. The van der Waals surface area contributed by atoms with Crippen molar-refractivity contribution in [2.24, 2.45) is 5.73 Å². The first kappa shape index (κ1) is 23.7. The molecule has 2 aliphatic carbocycles. The number of likely N-dealkylation sites (tertiary alicyclic amines) is 1. The minimum Gasteiger partial charge on any atom is -0.496 e. The molecule has 1 aromatic heterocycles. The summed E-state index contributed by atoms with van der Waals surface area (Å²) in [5, 5.41) is 11.9. The summed E-state index contributed by atoms with van der Waals surface area (Å²) < 4.78 is 7.28. The van der Waals surface area contributed by atoms with E-state index in [1.165, 1.54) is 5.56 Å². The molecule has 9 nitrogen and oxygen atoms in total. The maximum absolute atomic E-state index is 13.7. The third kappa shape index (κ3) is 4.71. The first-order valence-corrected chi connectivity index (χ1v) is 13.0. The molecule has 3 aliphatic rings. The van der Waals surface area contributed by atoms with Crippen molar-refractivity contribution in [1.29, 1.82) is 0 Å². The Morgan fingerprint density at radius 3 is 2.68 bits per heavy atom. The summed E-state index contributed by atoms with van der Waals surface area (Å²) in [6.45, 7) is 0.701. The summed E-state index contributed by atoms with van der Waals surface area (Å²) in [6.07, 6.45) is 5.67. The zero-order valence-corrected chi connectivity index (χ0v) is 20.9. The van der Waals surface area contributed by atoms with Gasteiger partial charge in [0.15, 0.2) is 0 Å². The van der Waals surface area contributed by atoms with E-state index in [-0.39, 0.29) is 23.9 Å². The van der Waals surface area contributed by atoms with Gasteiger partial charge in [0.25, 0.3) is 5.91 Å². The van der Waals surface area contributed by atoms with E-state index in [0.29, 0.717) is 42.7 Å². The lowest BCUT2D eigenvalue weighted by Crippen LogP contribution is -2.46. The molecular formula is C28H32N6O3. The summed E-state index contributed by atoms with van der Waals surface area (Å²) in [4.78, 5) is 29.0. The van der Waals surface area contributed by atoms with Crippen LogP contribution in [0.4, 0.5) is 0 Å². The van der Waals surface area contributed by atoms with Gasteiger partial charge in [-0.05, 0) is 37.0 Å². The molecule has 6 rings (SSSR count). The lowest BCUT2D eigenvalue weighted by molar-refractivity contribution is -0.125. The zero-order valence-electron chi connectivity index (χ0n) is 20.9. The predicted molar refractivity (Wildman–Crippen MR) is 137 cm³/mol. The Hall–Kier alpha value is -3.72. The molecule has 0 radical (unpaired) electrons. The van der Waals surface area contributed by atoms with Crippen LogP contribution in [-0.4, -0.2) is 57.4 Å². The molecule has 2 amide bonds. The SMILES string of the molecule is COc1cc(C(=O)N2C[C@@H](n3cc(C4CC4)nn3)C[C@H]2C(=O)N[C@@H]2C[C@H]2c2ccccc2)ccc1CN. The first-order valence-electron chi connectivity index (χ1n) is 13.0. The minimum atomic E-state index is -0.594. The van der Waals surface area contributed by atoms with E-state index in [1.54, 1.807) is 24.1 Å². The van der Waals surface area contributed by atoms with E-state index in [0.717, 1.165) is 30.5 Å². The molecule has 4 atom stereocenters. The van der Waals surface area contributed by atoms with Gasteiger partial charge in [-0.3, -0.25) is 9.59 Å². The van der Waals surface area contributed by atoms with Crippen LogP contribution in [0.25, 0.3) is 0 Å². The molecular weight excluding hydrogens is 468 g/mol. The molecule has 9 heteroatoms. The predicted octanol–water partition coefficient (Wildman–Crippen LogP) is 2.75. The van der Waals surface area contributed by atoms with Crippen LogP contribution in [0.2, 0.25) is 0 Å². The largest absolute Gasteiger partial charge is 0.496 e. The summed E-state index contributed by atoms with van der Waals surface area (Å²) in [5.74, 6) is 1.05. The number of carbonyl (C=O) groups excluding carboxylic acids is 2. The number of hydrogen-bond acceptors (Lipinski definition) is 6. The van der Waals surface area contributed by atoms with E-state index in [1.807, 2.05) is 35.1 Å². The third-order valence-corrected chi connectivity index (χ3v) is 7.84. The lowest BCUT2D eigenvalue weighted by Gasteiger charge is -2.24. The second-order valence-electron chi connectivity index (χ2n) is 10.4. The number of amides is 2. The van der Waals surface area contributed by atoms with E-state index in [9.17, 15) is 9.59 Å². The van der Waals surface area contributed by atoms with Crippen molar-refractivity contribution in [3.8, 4) is 5.75 Å². The average Bonchev–Trinajstić information content (AvgIpc) is 3.83. The number of hydrogen-bond donors (Lipinski definition) is 2. The van der Waals surface area contributed by atoms with Crippen LogP contribution in [0.1, 0.15) is 70.7 Å². The average molecular weight is 501 g/mol. The Bertz CT molecular complexity index is 1300. The molecule has 0 spiro atoms. The molecule has 3 aromatic rings. The van der Waals surface area contributed by atoms with Gasteiger partial charge < -0.3 is 20.7 Å². The van der Waals surface area contributed by atoms with Crippen LogP contribution in [0.3, 0.4) is 0 Å². The molecule has 0 unspecified atom stereocenters. The number of nitrogens with zero attached hydrogens (tertiary/aromatic N) is 4. The molecule has 1 aliphatic heterocycles. The third-order valence-electron chi connectivity index (χ3n) is 7.84. The fourth-order valence-electron chi connectivity index (χ4n) is 5.43. The van der Waals surface area contributed by atoms with Gasteiger partial charge in [-0.2, -0.15) is 0 Å². The van der Waals surface area contributed by atoms with Crippen molar-refractivity contribution in [3.63, 3.8) is 0 Å². The molecule has 2 heterocycles.